The largest absolute Gasteiger partial charge is 0.309 e. The zero-order chi connectivity index (χ0) is 27.8. The highest BCUT2D eigenvalue weighted by molar-refractivity contribution is 6.19. The van der Waals surface area contributed by atoms with Crippen LogP contribution in [-0.4, -0.2) is 9.13 Å². The van der Waals surface area contributed by atoms with Crippen molar-refractivity contribution in [3.05, 3.63) is 120 Å². The smallest absolute Gasteiger partial charge is 0.0548 e. The minimum atomic E-state index is 0.0712. The molecule has 0 radical (unpaired) electrons. The van der Waals surface area contributed by atoms with Crippen LogP contribution >= 0.6 is 0 Å². The van der Waals surface area contributed by atoms with E-state index < -0.39 is 0 Å². The van der Waals surface area contributed by atoms with Crippen LogP contribution in [0.3, 0.4) is 0 Å². The van der Waals surface area contributed by atoms with Gasteiger partial charge in [0.1, 0.15) is 0 Å². The van der Waals surface area contributed by atoms with Gasteiger partial charge in [-0.3, -0.25) is 0 Å². The van der Waals surface area contributed by atoms with Crippen molar-refractivity contribution in [2.75, 3.05) is 0 Å². The summed E-state index contributed by atoms with van der Waals surface area (Å²) in [6.45, 7) is 13.8. The van der Waals surface area contributed by atoms with Crippen LogP contribution in [0.1, 0.15) is 52.7 Å². The van der Waals surface area contributed by atoms with Crippen molar-refractivity contribution >= 4 is 43.6 Å². The molecule has 198 valence electrons. The van der Waals surface area contributed by atoms with Crippen LogP contribution < -0.4 is 0 Å². The molecule has 40 heavy (non-hydrogen) atoms. The van der Waals surface area contributed by atoms with Crippen LogP contribution in [0.15, 0.2) is 109 Å². The van der Waals surface area contributed by atoms with E-state index in [2.05, 4.69) is 160 Å². The lowest BCUT2D eigenvalue weighted by atomic mass is 9.86. The zero-order valence-electron chi connectivity index (χ0n) is 24.3. The Labute approximate surface area is 236 Å². The third-order valence-corrected chi connectivity index (χ3v) is 8.41. The van der Waals surface area contributed by atoms with Gasteiger partial charge >= 0.3 is 0 Å². The molecule has 2 aromatic heterocycles. The molecule has 0 saturated heterocycles. The molecule has 0 unspecified atom stereocenters. The first-order chi connectivity index (χ1) is 19.1. The molecule has 7 rings (SSSR count). The molecular formula is C38H36N2. The summed E-state index contributed by atoms with van der Waals surface area (Å²) in [5, 5.41) is 5.17. The maximum atomic E-state index is 2.44. The Morgan fingerprint density at radius 1 is 0.375 bits per heavy atom. The number of hydrogen-bond donors (Lipinski definition) is 0. The number of hydrogen-bond acceptors (Lipinski definition) is 0. The van der Waals surface area contributed by atoms with Gasteiger partial charge in [-0.2, -0.15) is 0 Å². The van der Waals surface area contributed by atoms with E-state index >= 15 is 0 Å². The standard InChI is InChI=1S/C38H36N2/c1-37(2,3)25-17-19-33-29(21-25)31-23-36-32(24-35(31)39(33)27-13-9-7-10-14-27)30-22-26(38(4,5)6)18-20-34(30)40(36)28-15-11-8-12-16-28/h7-24H,1-6H3. The van der Waals surface area contributed by atoms with Crippen LogP contribution in [0.5, 0.6) is 0 Å². The van der Waals surface area contributed by atoms with Crippen LogP contribution in [-0.2, 0) is 10.8 Å². The SMILES string of the molecule is CC(C)(C)c1ccc2c(c1)c1cc3c(cc1n2-c1ccccc1)c1cc(C(C)(C)C)ccc1n3-c1ccccc1. The molecule has 0 atom stereocenters. The number of fused-ring (bicyclic) bond motifs is 6. The monoisotopic (exact) mass is 520 g/mol. The van der Waals surface area contributed by atoms with Crippen molar-refractivity contribution < 1.29 is 0 Å². The molecule has 2 nitrogen and oxygen atoms in total. The van der Waals surface area contributed by atoms with Crippen molar-refractivity contribution in [2.45, 2.75) is 52.4 Å². The van der Waals surface area contributed by atoms with Gasteiger partial charge in [0.05, 0.1) is 22.1 Å². The highest BCUT2D eigenvalue weighted by atomic mass is 15.0. The minimum Gasteiger partial charge on any atom is -0.309 e. The fourth-order valence-corrected chi connectivity index (χ4v) is 6.17. The average molecular weight is 521 g/mol. The first-order valence-corrected chi connectivity index (χ1v) is 14.3. The van der Waals surface area contributed by atoms with E-state index in [0.29, 0.717) is 0 Å². The third kappa shape index (κ3) is 3.78. The van der Waals surface area contributed by atoms with Crippen molar-refractivity contribution in [3.8, 4) is 11.4 Å². The highest BCUT2D eigenvalue weighted by Gasteiger charge is 2.22. The summed E-state index contributed by atoms with van der Waals surface area (Å²) in [6.07, 6.45) is 0. The Morgan fingerprint density at radius 2 is 0.725 bits per heavy atom. The molecule has 2 heterocycles. The maximum absolute atomic E-state index is 2.44. The van der Waals surface area contributed by atoms with Crippen LogP contribution in [0.4, 0.5) is 0 Å². The predicted octanol–water partition coefficient (Wildman–Crippen LogP) is 10.5. The Kier molecular flexibility index (Phi) is 5.31. The Morgan fingerprint density at radius 3 is 1.07 bits per heavy atom. The van der Waals surface area contributed by atoms with Crippen molar-refractivity contribution in [1.82, 2.24) is 9.13 Å². The molecule has 0 amide bonds. The molecule has 0 N–H and O–H groups in total. The summed E-state index contributed by atoms with van der Waals surface area (Å²) in [4.78, 5) is 0. The normalized spacial score (nSPS) is 12.8. The number of rotatable bonds is 2. The Hall–Kier alpha value is -4.30. The lowest BCUT2D eigenvalue weighted by Gasteiger charge is -2.19. The fraction of sp³-hybridized carbons (Fsp3) is 0.211. The van der Waals surface area contributed by atoms with Crippen LogP contribution in [0.25, 0.3) is 55.0 Å². The minimum absolute atomic E-state index is 0.0712. The molecule has 0 fully saturated rings. The summed E-state index contributed by atoms with van der Waals surface area (Å²) in [5.74, 6) is 0. The average Bonchev–Trinajstić information content (AvgIpc) is 3.43. The molecule has 0 bridgehead atoms. The van der Waals surface area contributed by atoms with E-state index in [-0.39, 0.29) is 10.8 Å². The second-order valence-electron chi connectivity index (χ2n) is 13.2. The van der Waals surface area contributed by atoms with Gasteiger partial charge in [-0.25, -0.2) is 0 Å². The highest BCUT2D eigenvalue weighted by Crippen LogP contribution is 2.41. The van der Waals surface area contributed by atoms with E-state index in [1.54, 1.807) is 0 Å². The Bertz CT molecular complexity index is 1890. The van der Waals surface area contributed by atoms with Gasteiger partial charge in [-0.1, -0.05) is 90.1 Å². The van der Waals surface area contributed by atoms with Gasteiger partial charge in [-0.05, 0) is 82.6 Å². The van der Waals surface area contributed by atoms with E-state index in [0.717, 1.165) is 0 Å². The molecule has 0 aliphatic heterocycles. The number of benzene rings is 5. The van der Waals surface area contributed by atoms with Gasteiger partial charge in [0, 0.05) is 32.9 Å². The molecule has 2 heteroatoms. The second-order valence-corrected chi connectivity index (χ2v) is 13.2. The Balaban J connectivity index is 1.68. The first-order valence-electron chi connectivity index (χ1n) is 14.3. The fourth-order valence-electron chi connectivity index (χ4n) is 6.17. The molecule has 0 aliphatic carbocycles. The topological polar surface area (TPSA) is 9.86 Å². The molecule has 5 aromatic carbocycles. The van der Waals surface area contributed by atoms with Crippen molar-refractivity contribution in [3.63, 3.8) is 0 Å². The van der Waals surface area contributed by atoms with E-state index in [1.165, 1.54) is 66.1 Å². The van der Waals surface area contributed by atoms with Gasteiger partial charge in [0.15, 0.2) is 0 Å². The predicted molar refractivity (Wildman–Crippen MR) is 173 cm³/mol. The molecule has 0 aliphatic rings. The third-order valence-electron chi connectivity index (χ3n) is 8.41. The lowest BCUT2D eigenvalue weighted by molar-refractivity contribution is 0.591. The van der Waals surface area contributed by atoms with Crippen LogP contribution in [0, 0.1) is 0 Å². The first kappa shape index (κ1) is 24.7. The maximum Gasteiger partial charge on any atom is 0.0548 e. The second kappa shape index (κ2) is 8.60. The number of aromatic nitrogens is 2. The van der Waals surface area contributed by atoms with Gasteiger partial charge < -0.3 is 9.13 Å². The van der Waals surface area contributed by atoms with Gasteiger partial charge in [0.25, 0.3) is 0 Å². The summed E-state index contributed by atoms with van der Waals surface area (Å²) >= 11 is 0. The molecule has 0 saturated carbocycles. The molecule has 7 aromatic rings. The van der Waals surface area contributed by atoms with Crippen LogP contribution in [0.2, 0.25) is 0 Å². The lowest BCUT2D eigenvalue weighted by Crippen LogP contribution is -2.10. The van der Waals surface area contributed by atoms with Gasteiger partial charge in [0.2, 0.25) is 0 Å². The zero-order valence-corrected chi connectivity index (χ0v) is 24.3. The summed E-state index contributed by atoms with van der Waals surface area (Å²) in [6, 6.07) is 40.5. The summed E-state index contributed by atoms with van der Waals surface area (Å²) in [5.41, 5.74) is 10.2. The van der Waals surface area contributed by atoms with Crippen molar-refractivity contribution in [1.29, 1.82) is 0 Å². The number of nitrogens with zero attached hydrogens (tertiary/aromatic N) is 2. The van der Waals surface area contributed by atoms with Crippen molar-refractivity contribution in [2.24, 2.45) is 0 Å². The molecular weight excluding hydrogens is 484 g/mol. The quantitative estimate of drug-likeness (QED) is 0.215. The molecule has 0 spiro atoms. The van der Waals surface area contributed by atoms with E-state index in [9.17, 15) is 0 Å². The number of para-hydroxylation sites is 2. The van der Waals surface area contributed by atoms with E-state index in [1.807, 2.05) is 0 Å². The van der Waals surface area contributed by atoms with E-state index in [4.69, 9.17) is 0 Å². The van der Waals surface area contributed by atoms with Gasteiger partial charge in [-0.15, -0.1) is 0 Å². The summed E-state index contributed by atoms with van der Waals surface area (Å²) < 4.78 is 4.88. The summed E-state index contributed by atoms with van der Waals surface area (Å²) in [7, 11) is 0.